The lowest BCUT2D eigenvalue weighted by atomic mass is 10.1. The molecule has 0 aromatic heterocycles. The molecule has 1 aromatic rings. The number of isocyanates is 1. The summed E-state index contributed by atoms with van der Waals surface area (Å²) in [6.45, 7) is 5.78. The van der Waals surface area contributed by atoms with Crippen molar-refractivity contribution in [2.75, 3.05) is 5.32 Å². The van der Waals surface area contributed by atoms with Gasteiger partial charge in [0.05, 0.1) is 5.69 Å². The number of nitrogens with one attached hydrogen (secondary N) is 1. The van der Waals surface area contributed by atoms with Gasteiger partial charge in [-0.2, -0.15) is 4.99 Å². The van der Waals surface area contributed by atoms with E-state index in [2.05, 4.69) is 10.3 Å². The highest BCUT2D eigenvalue weighted by Crippen LogP contribution is 2.25. The van der Waals surface area contributed by atoms with Crippen LogP contribution in [0.5, 0.6) is 0 Å². The third kappa shape index (κ3) is 3.85. The van der Waals surface area contributed by atoms with E-state index < -0.39 is 0 Å². The first-order chi connectivity index (χ1) is 8.04. The van der Waals surface area contributed by atoms with Crippen LogP contribution in [0.3, 0.4) is 0 Å². The minimum atomic E-state index is -0.0321. The van der Waals surface area contributed by atoms with Gasteiger partial charge in [-0.1, -0.05) is 19.9 Å². The maximum Gasteiger partial charge on any atom is 0.240 e. The van der Waals surface area contributed by atoms with Crippen LogP contribution in [0.1, 0.15) is 25.8 Å². The van der Waals surface area contributed by atoms with Gasteiger partial charge in [0.15, 0.2) is 0 Å². The van der Waals surface area contributed by atoms with E-state index in [1.807, 2.05) is 13.8 Å². The molecule has 0 bridgehead atoms. The molecule has 90 valence electrons. The highest BCUT2D eigenvalue weighted by Gasteiger charge is 2.08. The molecule has 0 aliphatic carbocycles. The number of carbonyl (C=O) groups excluding carboxylic acids is 2. The average molecular weight is 232 g/mol. The summed E-state index contributed by atoms with van der Waals surface area (Å²) < 4.78 is 0. The fourth-order valence-corrected chi connectivity index (χ4v) is 1.50. The summed E-state index contributed by atoms with van der Waals surface area (Å²) in [5, 5.41) is 2.81. The molecule has 0 fully saturated rings. The van der Waals surface area contributed by atoms with Crippen LogP contribution in [-0.2, 0) is 9.59 Å². The number of nitrogens with zero attached hydrogens (tertiary/aromatic N) is 1. The molecule has 0 spiro atoms. The number of carbonyl (C=O) groups is 1. The quantitative estimate of drug-likeness (QED) is 0.641. The largest absolute Gasteiger partial charge is 0.326 e. The SMILES string of the molecule is Cc1c(N=C=O)cccc1NC(=O)CC(C)C. The normalized spacial score (nSPS) is 9.88. The van der Waals surface area contributed by atoms with E-state index >= 15 is 0 Å². The van der Waals surface area contributed by atoms with Gasteiger partial charge in [0.1, 0.15) is 0 Å². The number of anilines is 1. The zero-order chi connectivity index (χ0) is 12.8. The summed E-state index contributed by atoms with van der Waals surface area (Å²) >= 11 is 0. The van der Waals surface area contributed by atoms with Crippen molar-refractivity contribution in [1.29, 1.82) is 0 Å². The molecule has 0 heterocycles. The molecular formula is C13H16N2O2. The van der Waals surface area contributed by atoms with E-state index in [0.29, 0.717) is 23.7 Å². The lowest BCUT2D eigenvalue weighted by Gasteiger charge is -2.10. The summed E-state index contributed by atoms with van der Waals surface area (Å²) in [7, 11) is 0. The van der Waals surface area contributed by atoms with Gasteiger partial charge in [0.25, 0.3) is 0 Å². The molecule has 1 amide bonds. The van der Waals surface area contributed by atoms with E-state index in [-0.39, 0.29) is 5.91 Å². The van der Waals surface area contributed by atoms with Crippen molar-refractivity contribution < 1.29 is 9.59 Å². The Hall–Kier alpha value is -1.93. The first-order valence-corrected chi connectivity index (χ1v) is 5.52. The number of hydrogen-bond donors (Lipinski definition) is 1. The van der Waals surface area contributed by atoms with Gasteiger partial charge in [0, 0.05) is 12.1 Å². The molecule has 0 saturated heterocycles. The minimum absolute atomic E-state index is 0.0321. The van der Waals surface area contributed by atoms with E-state index in [1.54, 1.807) is 25.1 Å². The Bertz CT molecular complexity index is 460. The molecule has 1 N–H and O–H groups in total. The predicted octanol–water partition coefficient (Wildman–Crippen LogP) is 2.95. The van der Waals surface area contributed by atoms with Crippen LogP contribution in [0.15, 0.2) is 23.2 Å². The van der Waals surface area contributed by atoms with Crippen molar-refractivity contribution in [3.05, 3.63) is 23.8 Å². The van der Waals surface area contributed by atoms with Gasteiger partial charge in [-0.15, -0.1) is 0 Å². The van der Waals surface area contributed by atoms with Gasteiger partial charge in [-0.3, -0.25) is 4.79 Å². The van der Waals surface area contributed by atoms with Gasteiger partial charge in [0.2, 0.25) is 12.0 Å². The Balaban J connectivity index is 2.88. The second kappa shape index (κ2) is 5.97. The molecule has 1 rings (SSSR count). The van der Waals surface area contributed by atoms with E-state index in [1.165, 1.54) is 6.08 Å². The molecule has 0 saturated carbocycles. The topological polar surface area (TPSA) is 58.5 Å². The fourth-order valence-electron chi connectivity index (χ4n) is 1.50. The number of aliphatic imine (C=N–C) groups is 1. The van der Waals surface area contributed by atoms with Crippen LogP contribution >= 0.6 is 0 Å². The Kier molecular flexibility index (Phi) is 4.61. The molecule has 17 heavy (non-hydrogen) atoms. The fraction of sp³-hybridized carbons (Fsp3) is 0.385. The maximum atomic E-state index is 11.6. The Morgan fingerprint density at radius 3 is 2.76 bits per heavy atom. The second-order valence-electron chi connectivity index (χ2n) is 4.30. The molecule has 4 heteroatoms. The zero-order valence-corrected chi connectivity index (χ0v) is 10.3. The molecular weight excluding hydrogens is 216 g/mol. The van der Waals surface area contributed by atoms with Gasteiger partial charge in [-0.25, -0.2) is 4.79 Å². The van der Waals surface area contributed by atoms with Crippen LogP contribution in [0.25, 0.3) is 0 Å². The molecule has 0 atom stereocenters. The zero-order valence-electron chi connectivity index (χ0n) is 10.3. The van der Waals surface area contributed by atoms with Crippen molar-refractivity contribution in [2.45, 2.75) is 27.2 Å². The Morgan fingerprint density at radius 2 is 2.18 bits per heavy atom. The summed E-state index contributed by atoms with van der Waals surface area (Å²) in [4.78, 5) is 25.4. The molecule has 0 aliphatic rings. The van der Waals surface area contributed by atoms with Gasteiger partial charge < -0.3 is 5.32 Å². The summed E-state index contributed by atoms with van der Waals surface area (Å²) in [6.07, 6.45) is 1.97. The van der Waals surface area contributed by atoms with Crippen LogP contribution in [0.4, 0.5) is 11.4 Å². The van der Waals surface area contributed by atoms with Crippen LogP contribution in [-0.4, -0.2) is 12.0 Å². The third-order valence-electron chi connectivity index (χ3n) is 2.34. The number of rotatable bonds is 4. The highest BCUT2D eigenvalue weighted by atomic mass is 16.1. The Morgan fingerprint density at radius 1 is 1.47 bits per heavy atom. The predicted molar refractivity (Wildman–Crippen MR) is 67.0 cm³/mol. The van der Waals surface area contributed by atoms with E-state index in [0.717, 1.165) is 5.56 Å². The van der Waals surface area contributed by atoms with E-state index in [4.69, 9.17) is 0 Å². The Labute approximate surface area is 101 Å². The number of amides is 1. The lowest BCUT2D eigenvalue weighted by Crippen LogP contribution is -2.14. The second-order valence-corrected chi connectivity index (χ2v) is 4.30. The van der Waals surface area contributed by atoms with Crippen molar-refractivity contribution in [2.24, 2.45) is 10.9 Å². The van der Waals surface area contributed by atoms with Crippen LogP contribution < -0.4 is 5.32 Å². The van der Waals surface area contributed by atoms with E-state index in [9.17, 15) is 9.59 Å². The van der Waals surface area contributed by atoms with Crippen molar-refractivity contribution in [1.82, 2.24) is 0 Å². The summed E-state index contributed by atoms with van der Waals surface area (Å²) in [5.74, 6) is 0.279. The number of hydrogen-bond acceptors (Lipinski definition) is 3. The molecule has 0 radical (unpaired) electrons. The minimum Gasteiger partial charge on any atom is -0.326 e. The monoisotopic (exact) mass is 232 g/mol. The van der Waals surface area contributed by atoms with Gasteiger partial charge in [-0.05, 0) is 30.5 Å². The molecule has 1 aromatic carbocycles. The van der Waals surface area contributed by atoms with Crippen LogP contribution in [0.2, 0.25) is 0 Å². The smallest absolute Gasteiger partial charge is 0.240 e. The van der Waals surface area contributed by atoms with Crippen LogP contribution in [0, 0.1) is 12.8 Å². The molecule has 0 aliphatic heterocycles. The number of benzene rings is 1. The highest BCUT2D eigenvalue weighted by molar-refractivity contribution is 5.92. The first kappa shape index (κ1) is 13.1. The summed E-state index contributed by atoms with van der Waals surface area (Å²) in [5.41, 5.74) is 1.99. The lowest BCUT2D eigenvalue weighted by molar-refractivity contribution is -0.116. The maximum absolute atomic E-state index is 11.6. The molecule has 4 nitrogen and oxygen atoms in total. The summed E-state index contributed by atoms with van der Waals surface area (Å²) in [6, 6.07) is 5.24. The standard InChI is InChI=1S/C13H16N2O2/c1-9(2)7-13(17)15-12-6-4-5-11(10(12)3)14-8-16/h4-6,9H,7H2,1-3H3,(H,15,17). The first-order valence-electron chi connectivity index (χ1n) is 5.52. The average Bonchev–Trinajstić information content (AvgIpc) is 2.23. The molecule has 0 unspecified atom stereocenters. The van der Waals surface area contributed by atoms with Crippen molar-refractivity contribution in [3.63, 3.8) is 0 Å². The van der Waals surface area contributed by atoms with Gasteiger partial charge >= 0.3 is 0 Å². The third-order valence-corrected chi connectivity index (χ3v) is 2.34. The van der Waals surface area contributed by atoms with Crippen molar-refractivity contribution in [3.8, 4) is 0 Å². The van der Waals surface area contributed by atoms with Crippen molar-refractivity contribution >= 4 is 23.4 Å².